The molecule has 0 saturated carbocycles. The molecular formula is C28H34N6O. The minimum atomic E-state index is 0.271. The number of aromatic nitrogens is 5. The molecule has 3 aromatic heterocycles. The van der Waals surface area contributed by atoms with Gasteiger partial charge in [-0.1, -0.05) is 30.3 Å². The Bertz CT molecular complexity index is 1250. The number of rotatable bonds is 9. The Morgan fingerprint density at radius 2 is 1.83 bits per heavy atom. The molecule has 6 rings (SSSR count). The Morgan fingerprint density at radius 3 is 2.66 bits per heavy atom. The van der Waals surface area contributed by atoms with Gasteiger partial charge in [0.15, 0.2) is 11.5 Å². The molecule has 0 aliphatic carbocycles. The van der Waals surface area contributed by atoms with Crippen molar-refractivity contribution in [3.63, 3.8) is 0 Å². The topological polar surface area (TPSA) is 60.5 Å². The first-order valence-electron chi connectivity index (χ1n) is 13.1. The Morgan fingerprint density at radius 1 is 0.971 bits per heavy atom. The Labute approximate surface area is 206 Å². The summed E-state index contributed by atoms with van der Waals surface area (Å²) in [6, 6.07) is 15.1. The molecule has 5 heterocycles. The van der Waals surface area contributed by atoms with Gasteiger partial charge >= 0.3 is 0 Å². The molecule has 4 aromatic rings. The second kappa shape index (κ2) is 10.3. The summed E-state index contributed by atoms with van der Waals surface area (Å²) >= 11 is 0. The highest BCUT2D eigenvalue weighted by molar-refractivity contribution is 5.61. The van der Waals surface area contributed by atoms with Crippen molar-refractivity contribution < 1.29 is 4.74 Å². The van der Waals surface area contributed by atoms with Crippen LogP contribution in [0.1, 0.15) is 49.1 Å². The molecule has 0 radical (unpaired) electrons. The third-order valence-corrected chi connectivity index (χ3v) is 7.27. The summed E-state index contributed by atoms with van der Waals surface area (Å²) in [4.78, 5) is 7.39. The average molecular weight is 471 g/mol. The lowest BCUT2D eigenvalue weighted by Crippen LogP contribution is -2.20. The van der Waals surface area contributed by atoms with Gasteiger partial charge < -0.3 is 9.64 Å². The smallest absolute Gasteiger partial charge is 0.156 e. The molecule has 0 spiro atoms. The van der Waals surface area contributed by atoms with Gasteiger partial charge in [-0.15, -0.1) is 0 Å². The second-order valence-corrected chi connectivity index (χ2v) is 9.94. The molecule has 0 bridgehead atoms. The first kappa shape index (κ1) is 22.4. The largest absolute Gasteiger partial charge is 0.376 e. The summed E-state index contributed by atoms with van der Waals surface area (Å²) in [5.74, 6) is 0.839. The lowest BCUT2D eigenvalue weighted by atomic mass is 10.1. The van der Waals surface area contributed by atoms with Crippen LogP contribution in [0.5, 0.6) is 0 Å². The Kier molecular flexibility index (Phi) is 6.60. The number of aryl methyl sites for hydroxylation is 1. The molecular weight excluding hydrogens is 436 g/mol. The number of benzene rings is 1. The van der Waals surface area contributed by atoms with Crippen molar-refractivity contribution in [3.8, 4) is 11.3 Å². The number of nitrogens with zero attached hydrogens (tertiary/aromatic N) is 6. The molecule has 7 heteroatoms. The van der Waals surface area contributed by atoms with E-state index in [-0.39, 0.29) is 6.10 Å². The molecule has 2 aliphatic rings. The van der Waals surface area contributed by atoms with Crippen molar-refractivity contribution in [2.24, 2.45) is 0 Å². The fourth-order valence-electron chi connectivity index (χ4n) is 5.36. The molecule has 2 saturated heterocycles. The van der Waals surface area contributed by atoms with Crippen molar-refractivity contribution in [1.82, 2.24) is 29.3 Å². The van der Waals surface area contributed by atoms with Gasteiger partial charge in [-0.05, 0) is 81.4 Å². The number of hydrogen-bond acceptors (Lipinski definition) is 5. The van der Waals surface area contributed by atoms with E-state index in [0.29, 0.717) is 0 Å². The number of hydrogen-bond donors (Lipinski definition) is 0. The molecule has 1 aromatic carbocycles. The van der Waals surface area contributed by atoms with Crippen LogP contribution < -0.4 is 0 Å². The van der Waals surface area contributed by atoms with E-state index in [1.807, 2.05) is 27.5 Å². The maximum atomic E-state index is 5.76. The predicted molar refractivity (Wildman–Crippen MR) is 136 cm³/mol. The van der Waals surface area contributed by atoms with E-state index in [4.69, 9.17) is 14.8 Å². The minimum absolute atomic E-state index is 0.271. The number of fused-ring (bicyclic) bond motifs is 1. The summed E-state index contributed by atoms with van der Waals surface area (Å²) in [5, 5.41) is 9.41. The van der Waals surface area contributed by atoms with Gasteiger partial charge in [0.05, 0.1) is 24.5 Å². The number of pyridine rings is 1. The van der Waals surface area contributed by atoms with Gasteiger partial charge in [0.1, 0.15) is 0 Å². The highest BCUT2D eigenvalue weighted by Crippen LogP contribution is 2.22. The maximum absolute atomic E-state index is 5.76. The van der Waals surface area contributed by atoms with Crippen LogP contribution in [0.3, 0.4) is 0 Å². The molecule has 2 aliphatic heterocycles. The van der Waals surface area contributed by atoms with Gasteiger partial charge in [0.2, 0.25) is 0 Å². The monoisotopic (exact) mass is 470 g/mol. The van der Waals surface area contributed by atoms with Gasteiger partial charge in [0, 0.05) is 24.8 Å². The van der Waals surface area contributed by atoms with Crippen LogP contribution in [-0.4, -0.2) is 61.6 Å². The summed E-state index contributed by atoms with van der Waals surface area (Å²) < 4.78 is 9.68. The molecule has 182 valence electrons. The van der Waals surface area contributed by atoms with Crippen LogP contribution in [-0.2, 0) is 24.1 Å². The second-order valence-electron chi connectivity index (χ2n) is 9.94. The fraction of sp³-hybridized carbons (Fsp3) is 0.464. The van der Waals surface area contributed by atoms with Crippen molar-refractivity contribution in [2.45, 2.75) is 57.6 Å². The molecule has 2 fully saturated rings. The number of likely N-dealkylation sites (tertiary alicyclic amines) is 1. The lowest BCUT2D eigenvalue weighted by Gasteiger charge is -2.13. The zero-order valence-corrected chi connectivity index (χ0v) is 20.4. The third kappa shape index (κ3) is 5.31. The first-order valence-corrected chi connectivity index (χ1v) is 13.1. The first-order chi connectivity index (χ1) is 17.3. The molecule has 0 amide bonds. The SMILES string of the molecule is c1cc(-c2cnn(CC3CCCO3)c2)n2nc(Cc3ccc(CCCN4CCCC4)cc3)nc2c1. The third-order valence-electron chi connectivity index (χ3n) is 7.27. The van der Waals surface area contributed by atoms with Crippen molar-refractivity contribution in [3.05, 3.63) is 71.8 Å². The Hall–Kier alpha value is -3.03. The Balaban J connectivity index is 1.11. The van der Waals surface area contributed by atoms with Crippen LogP contribution in [0.25, 0.3) is 16.9 Å². The predicted octanol–water partition coefficient (Wildman–Crippen LogP) is 4.39. The van der Waals surface area contributed by atoms with Crippen LogP contribution in [0, 0.1) is 0 Å². The van der Waals surface area contributed by atoms with Crippen molar-refractivity contribution >= 4 is 5.65 Å². The van der Waals surface area contributed by atoms with E-state index >= 15 is 0 Å². The summed E-state index contributed by atoms with van der Waals surface area (Å²) in [6.45, 7) is 5.45. The van der Waals surface area contributed by atoms with Crippen LogP contribution in [0.4, 0.5) is 0 Å². The highest BCUT2D eigenvalue weighted by Gasteiger charge is 2.17. The summed E-state index contributed by atoms with van der Waals surface area (Å²) in [7, 11) is 0. The van der Waals surface area contributed by atoms with E-state index in [9.17, 15) is 0 Å². The molecule has 35 heavy (non-hydrogen) atoms. The molecule has 1 atom stereocenters. The van der Waals surface area contributed by atoms with Gasteiger partial charge in [-0.3, -0.25) is 4.68 Å². The summed E-state index contributed by atoms with van der Waals surface area (Å²) in [6.07, 6.45) is 12.4. The molecule has 1 unspecified atom stereocenters. The standard InChI is InChI=1S/C28H34N6O/c1-2-15-32(14-1)16-4-6-22-10-12-23(13-11-22)18-27-30-28-9-3-8-26(34(28)31-27)24-19-29-33(20-24)21-25-7-5-17-35-25/h3,8-13,19-20,25H,1-2,4-7,14-18,21H2. The zero-order valence-electron chi connectivity index (χ0n) is 20.4. The average Bonchev–Trinajstić information content (AvgIpc) is 3.68. The van der Waals surface area contributed by atoms with Crippen LogP contribution >= 0.6 is 0 Å². The minimum Gasteiger partial charge on any atom is -0.376 e. The molecule has 7 nitrogen and oxygen atoms in total. The maximum Gasteiger partial charge on any atom is 0.156 e. The van der Waals surface area contributed by atoms with Gasteiger partial charge in [-0.25, -0.2) is 9.50 Å². The van der Waals surface area contributed by atoms with Crippen LogP contribution in [0.2, 0.25) is 0 Å². The van der Waals surface area contributed by atoms with Crippen molar-refractivity contribution in [2.75, 3.05) is 26.2 Å². The number of ether oxygens (including phenoxy) is 1. The lowest BCUT2D eigenvalue weighted by molar-refractivity contribution is 0.0940. The van der Waals surface area contributed by atoms with Crippen molar-refractivity contribution in [1.29, 1.82) is 0 Å². The van der Waals surface area contributed by atoms with E-state index in [2.05, 4.69) is 46.5 Å². The van der Waals surface area contributed by atoms with E-state index < -0.39 is 0 Å². The quantitative estimate of drug-likeness (QED) is 0.363. The van der Waals surface area contributed by atoms with Gasteiger partial charge in [0.25, 0.3) is 0 Å². The summed E-state index contributed by atoms with van der Waals surface area (Å²) in [5.41, 5.74) is 5.58. The van der Waals surface area contributed by atoms with E-state index in [1.165, 1.54) is 50.0 Å². The highest BCUT2D eigenvalue weighted by atomic mass is 16.5. The van der Waals surface area contributed by atoms with E-state index in [0.717, 1.165) is 61.6 Å². The molecule has 0 N–H and O–H groups in total. The van der Waals surface area contributed by atoms with Crippen LogP contribution in [0.15, 0.2) is 54.9 Å². The van der Waals surface area contributed by atoms with Gasteiger partial charge in [-0.2, -0.15) is 10.2 Å². The van der Waals surface area contributed by atoms with E-state index in [1.54, 1.807) is 0 Å². The normalized spacial score (nSPS) is 18.7. The zero-order chi connectivity index (χ0) is 23.5. The fourth-order valence-corrected chi connectivity index (χ4v) is 5.36.